The van der Waals surface area contributed by atoms with Gasteiger partial charge in [-0.05, 0) is 18.1 Å². The van der Waals surface area contributed by atoms with Crippen LogP contribution >= 0.6 is 0 Å². The molecule has 0 bridgehead atoms. The number of nitrogens with zero attached hydrogens (tertiary/aromatic N) is 2. The highest BCUT2D eigenvalue weighted by molar-refractivity contribution is 6.11. The van der Waals surface area contributed by atoms with Gasteiger partial charge in [0.05, 0.1) is 12.2 Å². The number of urea groups is 2. The Kier molecular flexibility index (Phi) is 4.07. The van der Waals surface area contributed by atoms with Crippen molar-refractivity contribution in [1.29, 1.82) is 0 Å². The fraction of sp³-hybridized carbons (Fsp3) is 0.250. The lowest BCUT2D eigenvalue weighted by molar-refractivity contribution is -0.137. The molecule has 1 fully saturated rings. The third kappa shape index (κ3) is 2.54. The molecule has 2 N–H and O–H groups in total. The molecule has 1 unspecified atom stereocenters. The van der Waals surface area contributed by atoms with Crippen LogP contribution in [0.2, 0.25) is 0 Å². The van der Waals surface area contributed by atoms with Gasteiger partial charge in [-0.2, -0.15) is 0 Å². The summed E-state index contributed by atoms with van der Waals surface area (Å²) >= 11 is 0. The van der Waals surface area contributed by atoms with Crippen molar-refractivity contribution in [2.45, 2.75) is 25.6 Å². The molecule has 2 aliphatic heterocycles. The van der Waals surface area contributed by atoms with Crippen molar-refractivity contribution >= 4 is 23.7 Å². The number of fused-ring (bicyclic) bond motifs is 2. The van der Waals surface area contributed by atoms with Crippen LogP contribution < -0.4 is 10.6 Å². The molecule has 2 heterocycles. The van der Waals surface area contributed by atoms with Crippen LogP contribution in [0.4, 0.5) is 15.3 Å². The van der Waals surface area contributed by atoms with Crippen molar-refractivity contribution in [3.63, 3.8) is 0 Å². The SMILES string of the molecule is CCCN1C(=O)Nc2ccccc2C12NC(=O)N(Cc1ccccc1)C2=O. The van der Waals surface area contributed by atoms with Gasteiger partial charge in [-0.1, -0.05) is 55.5 Å². The van der Waals surface area contributed by atoms with Gasteiger partial charge in [0.25, 0.3) is 5.91 Å². The Morgan fingerprint density at radius 1 is 0.926 bits per heavy atom. The predicted octanol–water partition coefficient (Wildman–Crippen LogP) is 2.85. The van der Waals surface area contributed by atoms with Crippen LogP contribution in [0.5, 0.6) is 0 Å². The maximum Gasteiger partial charge on any atom is 0.327 e. The van der Waals surface area contributed by atoms with E-state index in [4.69, 9.17) is 0 Å². The van der Waals surface area contributed by atoms with Crippen molar-refractivity contribution in [1.82, 2.24) is 15.1 Å². The zero-order valence-corrected chi connectivity index (χ0v) is 14.9. The molecule has 7 nitrogen and oxygen atoms in total. The first-order valence-corrected chi connectivity index (χ1v) is 8.94. The molecule has 7 heteroatoms. The summed E-state index contributed by atoms with van der Waals surface area (Å²) < 4.78 is 0. The quantitative estimate of drug-likeness (QED) is 0.819. The summed E-state index contributed by atoms with van der Waals surface area (Å²) in [6.07, 6.45) is 0.652. The first kappa shape index (κ1) is 17.1. The number of anilines is 1. The second-order valence-electron chi connectivity index (χ2n) is 6.64. The largest absolute Gasteiger partial charge is 0.327 e. The van der Waals surface area contributed by atoms with Gasteiger partial charge >= 0.3 is 12.1 Å². The average Bonchev–Trinajstić information content (AvgIpc) is 2.91. The number of carbonyl (C=O) groups excluding carboxylic acids is 3. The van der Waals surface area contributed by atoms with E-state index in [2.05, 4.69) is 10.6 Å². The Labute approximate surface area is 157 Å². The molecule has 1 saturated heterocycles. The Hall–Kier alpha value is -3.35. The van der Waals surface area contributed by atoms with Crippen LogP contribution in [0.1, 0.15) is 24.5 Å². The minimum atomic E-state index is -1.51. The van der Waals surface area contributed by atoms with Gasteiger partial charge in [-0.25, -0.2) is 9.59 Å². The maximum atomic E-state index is 13.5. The standard InChI is InChI=1S/C20H20N4O3/c1-2-12-24-18(26)21-16-11-7-6-10-15(16)20(24)17(25)23(19(27)22-20)13-14-8-4-3-5-9-14/h3-11H,2,12-13H2,1H3,(H,21,26)(H,22,27). The van der Waals surface area contributed by atoms with Crippen LogP contribution in [0.25, 0.3) is 0 Å². The highest BCUT2D eigenvalue weighted by atomic mass is 16.2. The number of nitrogens with one attached hydrogen (secondary N) is 2. The number of para-hydroxylation sites is 1. The number of imide groups is 1. The van der Waals surface area contributed by atoms with E-state index in [9.17, 15) is 14.4 Å². The number of benzene rings is 2. The molecule has 0 aliphatic carbocycles. The van der Waals surface area contributed by atoms with Gasteiger partial charge in [0.2, 0.25) is 5.66 Å². The minimum Gasteiger partial charge on any atom is -0.307 e. The van der Waals surface area contributed by atoms with Crippen LogP contribution in [0.15, 0.2) is 54.6 Å². The maximum absolute atomic E-state index is 13.5. The van der Waals surface area contributed by atoms with Crippen molar-refractivity contribution in [2.75, 3.05) is 11.9 Å². The Morgan fingerprint density at radius 3 is 2.37 bits per heavy atom. The lowest BCUT2D eigenvalue weighted by Gasteiger charge is -2.43. The average molecular weight is 364 g/mol. The van der Waals surface area contributed by atoms with Gasteiger partial charge in [0, 0.05) is 12.1 Å². The predicted molar refractivity (Wildman–Crippen MR) is 99.7 cm³/mol. The number of amides is 5. The molecule has 0 radical (unpaired) electrons. The molecular weight excluding hydrogens is 344 g/mol. The van der Waals surface area contributed by atoms with Crippen LogP contribution in [0, 0.1) is 0 Å². The van der Waals surface area contributed by atoms with Crippen LogP contribution in [-0.2, 0) is 17.0 Å². The summed E-state index contributed by atoms with van der Waals surface area (Å²) in [6.45, 7) is 2.41. The Bertz CT molecular complexity index is 914. The van der Waals surface area contributed by atoms with Crippen LogP contribution in [0.3, 0.4) is 0 Å². The van der Waals surface area contributed by atoms with E-state index in [1.807, 2.05) is 37.3 Å². The summed E-state index contributed by atoms with van der Waals surface area (Å²) in [5.41, 5.74) is 0.437. The lowest BCUT2D eigenvalue weighted by atomic mass is 9.93. The lowest BCUT2D eigenvalue weighted by Crippen LogP contribution is -2.63. The van der Waals surface area contributed by atoms with E-state index < -0.39 is 23.6 Å². The second kappa shape index (κ2) is 6.42. The molecule has 1 spiro atoms. The van der Waals surface area contributed by atoms with Crippen molar-refractivity contribution in [2.24, 2.45) is 0 Å². The van der Waals surface area contributed by atoms with Crippen molar-refractivity contribution in [3.05, 3.63) is 65.7 Å². The number of hydrogen-bond donors (Lipinski definition) is 2. The highest BCUT2D eigenvalue weighted by Crippen LogP contribution is 2.41. The summed E-state index contributed by atoms with van der Waals surface area (Å²) in [4.78, 5) is 41.6. The van der Waals surface area contributed by atoms with E-state index in [-0.39, 0.29) is 6.54 Å². The number of carbonyl (C=O) groups is 3. The smallest absolute Gasteiger partial charge is 0.307 e. The first-order chi connectivity index (χ1) is 13.1. The zero-order chi connectivity index (χ0) is 19.0. The summed E-state index contributed by atoms with van der Waals surface area (Å²) in [5.74, 6) is -0.438. The van der Waals surface area contributed by atoms with Gasteiger partial charge in [-0.15, -0.1) is 0 Å². The Morgan fingerprint density at radius 2 is 1.63 bits per heavy atom. The van der Waals surface area contributed by atoms with Crippen molar-refractivity contribution < 1.29 is 14.4 Å². The summed E-state index contributed by atoms with van der Waals surface area (Å²) in [6, 6.07) is 15.5. The minimum absolute atomic E-state index is 0.150. The molecule has 2 aromatic rings. The van der Waals surface area contributed by atoms with Crippen LogP contribution in [-0.4, -0.2) is 34.3 Å². The first-order valence-electron chi connectivity index (χ1n) is 8.94. The van der Waals surface area contributed by atoms with E-state index in [0.717, 1.165) is 5.56 Å². The van der Waals surface area contributed by atoms with Gasteiger partial charge < -0.3 is 10.6 Å². The fourth-order valence-electron chi connectivity index (χ4n) is 3.72. The molecule has 1 atom stereocenters. The van der Waals surface area contributed by atoms with E-state index in [1.165, 1.54) is 9.80 Å². The number of rotatable bonds is 4. The van der Waals surface area contributed by atoms with Gasteiger partial charge in [0.15, 0.2) is 0 Å². The molecule has 2 aromatic carbocycles. The molecular formula is C20H20N4O3. The molecule has 5 amide bonds. The topological polar surface area (TPSA) is 81.8 Å². The van der Waals surface area contributed by atoms with Crippen molar-refractivity contribution in [3.8, 4) is 0 Å². The van der Waals surface area contributed by atoms with Gasteiger partial charge in [-0.3, -0.25) is 14.6 Å². The molecule has 0 saturated carbocycles. The number of hydrogen-bond acceptors (Lipinski definition) is 3. The molecule has 0 aromatic heterocycles. The molecule has 2 aliphatic rings. The molecule has 138 valence electrons. The molecule has 27 heavy (non-hydrogen) atoms. The fourth-order valence-corrected chi connectivity index (χ4v) is 3.72. The summed E-state index contributed by atoms with van der Waals surface area (Å²) in [7, 11) is 0. The second-order valence-corrected chi connectivity index (χ2v) is 6.64. The summed E-state index contributed by atoms with van der Waals surface area (Å²) in [5, 5.41) is 5.62. The van der Waals surface area contributed by atoms with E-state index in [1.54, 1.807) is 24.3 Å². The highest BCUT2D eigenvalue weighted by Gasteiger charge is 2.60. The van der Waals surface area contributed by atoms with E-state index >= 15 is 0 Å². The third-order valence-corrected chi connectivity index (χ3v) is 4.93. The van der Waals surface area contributed by atoms with E-state index in [0.29, 0.717) is 24.2 Å². The normalized spacial score (nSPS) is 21.3. The molecule has 4 rings (SSSR count). The monoisotopic (exact) mass is 364 g/mol. The zero-order valence-electron chi connectivity index (χ0n) is 14.9. The Balaban J connectivity index is 1.80. The van der Waals surface area contributed by atoms with Gasteiger partial charge in [0.1, 0.15) is 0 Å². The third-order valence-electron chi connectivity index (χ3n) is 4.93.